The molecule has 1 unspecified atom stereocenters. The zero-order valence-electron chi connectivity index (χ0n) is 10.3. The van der Waals surface area contributed by atoms with Gasteiger partial charge in [0.2, 0.25) is 0 Å². The van der Waals surface area contributed by atoms with Crippen LogP contribution in [0.2, 0.25) is 0 Å². The van der Waals surface area contributed by atoms with E-state index in [1.54, 1.807) is 12.4 Å². The first-order chi connectivity index (χ1) is 9.25. The maximum atomic E-state index is 12.5. The molecule has 0 bridgehead atoms. The van der Waals surface area contributed by atoms with Gasteiger partial charge in [0, 0.05) is 18.9 Å². The van der Waals surface area contributed by atoms with Crippen molar-refractivity contribution in [3.8, 4) is 0 Å². The van der Waals surface area contributed by atoms with E-state index < -0.39 is 0 Å². The van der Waals surface area contributed by atoms with E-state index in [0.29, 0.717) is 0 Å². The molecule has 19 heavy (non-hydrogen) atoms. The second-order valence-electron chi connectivity index (χ2n) is 4.54. The Balaban J connectivity index is 1.86. The zero-order valence-corrected chi connectivity index (χ0v) is 12.7. The highest BCUT2D eigenvalue weighted by molar-refractivity contribution is 9.11. The first kappa shape index (κ1) is 12.8. The van der Waals surface area contributed by atoms with Crippen LogP contribution in [0, 0.1) is 0 Å². The molecule has 2 aromatic rings. The van der Waals surface area contributed by atoms with E-state index in [4.69, 9.17) is 0 Å². The zero-order chi connectivity index (χ0) is 13.2. The number of likely N-dealkylation sites (tertiary alicyclic amines) is 1. The fraction of sp³-hybridized carbons (Fsp3) is 0.286. The molecule has 5 heteroatoms. The van der Waals surface area contributed by atoms with Crippen LogP contribution >= 0.6 is 27.3 Å². The van der Waals surface area contributed by atoms with Crippen molar-refractivity contribution in [1.29, 1.82) is 0 Å². The van der Waals surface area contributed by atoms with Gasteiger partial charge in [0.1, 0.15) is 0 Å². The Hall–Kier alpha value is -1.20. The van der Waals surface area contributed by atoms with E-state index >= 15 is 0 Å². The van der Waals surface area contributed by atoms with Gasteiger partial charge in [-0.05, 0) is 58.6 Å². The molecule has 1 amide bonds. The second-order valence-corrected chi connectivity index (χ2v) is 7.00. The summed E-state index contributed by atoms with van der Waals surface area (Å²) in [5.41, 5.74) is 1.18. The summed E-state index contributed by atoms with van der Waals surface area (Å²) in [6.07, 6.45) is 5.67. The molecule has 2 aromatic heterocycles. The van der Waals surface area contributed by atoms with Crippen LogP contribution < -0.4 is 0 Å². The Morgan fingerprint density at radius 1 is 1.32 bits per heavy atom. The predicted octanol–water partition coefficient (Wildman–Crippen LogP) is 3.88. The summed E-state index contributed by atoms with van der Waals surface area (Å²) in [7, 11) is 0. The molecular weight excluding hydrogens is 324 g/mol. The van der Waals surface area contributed by atoms with Gasteiger partial charge >= 0.3 is 0 Å². The number of hydrogen-bond donors (Lipinski definition) is 0. The minimum absolute atomic E-state index is 0.134. The average molecular weight is 337 g/mol. The van der Waals surface area contributed by atoms with E-state index in [1.807, 2.05) is 29.2 Å². The van der Waals surface area contributed by atoms with Crippen molar-refractivity contribution in [3.05, 3.63) is 50.9 Å². The summed E-state index contributed by atoms with van der Waals surface area (Å²) in [5.74, 6) is 0.134. The van der Waals surface area contributed by atoms with Crippen LogP contribution in [0.15, 0.2) is 40.4 Å². The molecular formula is C14H13BrN2OS. The minimum Gasteiger partial charge on any atom is -0.331 e. The fourth-order valence-corrected chi connectivity index (χ4v) is 3.85. The van der Waals surface area contributed by atoms with Crippen molar-refractivity contribution >= 4 is 33.2 Å². The summed E-state index contributed by atoms with van der Waals surface area (Å²) in [6, 6.07) is 8.01. The smallest absolute Gasteiger partial charge is 0.264 e. The molecule has 0 saturated carbocycles. The molecule has 0 spiro atoms. The third-order valence-corrected chi connectivity index (χ3v) is 5.00. The van der Waals surface area contributed by atoms with Crippen LogP contribution in [-0.2, 0) is 0 Å². The lowest BCUT2D eigenvalue weighted by Gasteiger charge is -2.24. The number of rotatable bonds is 2. The van der Waals surface area contributed by atoms with Crippen LogP contribution in [0.5, 0.6) is 0 Å². The van der Waals surface area contributed by atoms with E-state index in [2.05, 4.69) is 20.9 Å². The van der Waals surface area contributed by atoms with Crippen LogP contribution in [-0.4, -0.2) is 22.3 Å². The largest absolute Gasteiger partial charge is 0.331 e. The molecule has 1 atom stereocenters. The Morgan fingerprint density at radius 2 is 2.11 bits per heavy atom. The van der Waals surface area contributed by atoms with E-state index in [-0.39, 0.29) is 11.9 Å². The molecule has 3 nitrogen and oxygen atoms in total. The van der Waals surface area contributed by atoms with Crippen molar-refractivity contribution in [1.82, 2.24) is 9.88 Å². The van der Waals surface area contributed by atoms with Crippen LogP contribution in [0.25, 0.3) is 0 Å². The van der Waals surface area contributed by atoms with Crippen molar-refractivity contribution in [3.63, 3.8) is 0 Å². The highest BCUT2D eigenvalue weighted by Gasteiger charge is 2.31. The van der Waals surface area contributed by atoms with Gasteiger partial charge < -0.3 is 4.90 Å². The average Bonchev–Trinajstić information content (AvgIpc) is 3.07. The number of hydrogen-bond acceptors (Lipinski definition) is 3. The topological polar surface area (TPSA) is 33.2 Å². The predicted molar refractivity (Wildman–Crippen MR) is 79.3 cm³/mol. The molecule has 1 aliphatic rings. The molecule has 0 aromatic carbocycles. The van der Waals surface area contributed by atoms with Crippen LogP contribution in [0.1, 0.15) is 34.1 Å². The minimum atomic E-state index is 0.134. The number of aromatic nitrogens is 1. The summed E-state index contributed by atoms with van der Waals surface area (Å²) >= 11 is 4.90. The molecule has 3 rings (SSSR count). The maximum absolute atomic E-state index is 12.5. The standard InChI is InChI=1S/C14H13BrN2OS/c15-13-4-3-12(19-13)14(18)17-9-1-2-11(17)10-5-7-16-8-6-10/h3-8,11H,1-2,9H2. The maximum Gasteiger partial charge on any atom is 0.264 e. The third-order valence-electron chi connectivity index (χ3n) is 3.39. The van der Waals surface area contributed by atoms with Gasteiger partial charge in [0.05, 0.1) is 14.7 Å². The first-order valence-electron chi connectivity index (χ1n) is 6.22. The van der Waals surface area contributed by atoms with E-state index in [1.165, 1.54) is 16.9 Å². The molecule has 1 saturated heterocycles. The SMILES string of the molecule is O=C(c1ccc(Br)s1)N1CCCC1c1ccncc1. The van der Waals surface area contributed by atoms with Gasteiger partial charge in [0.25, 0.3) is 5.91 Å². The lowest BCUT2D eigenvalue weighted by atomic mass is 10.1. The Labute approximate surface area is 124 Å². The number of halogens is 1. The monoisotopic (exact) mass is 336 g/mol. The van der Waals surface area contributed by atoms with Gasteiger partial charge in [0.15, 0.2) is 0 Å². The van der Waals surface area contributed by atoms with E-state index in [0.717, 1.165) is 28.0 Å². The molecule has 1 aliphatic heterocycles. The summed E-state index contributed by atoms with van der Waals surface area (Å²) in [4.78, 5) is 19.4. The van der Waals surface area contributed by atoms with Gasteiger partial charge in [-0.2, -0.15) is 0 Å². The van der Waals surface area contributed by atoms with Gasteiger partial charge in [-0.1, -0.05) is 0 Å². The van der Waals surface area contributed by atoms with Gasteiger partial charge in [-0.3, -0.25) is 9.78 Å². The second kappa shape index (κ2) is 5.43. The van der Waals surface area contributed by atoms with E-state index in [9.17, 15) is 4.79 Å². The summed E-state index contributed by atoms with van der Waals surface area (Å²) in [5, 5.41) is 0. The molecule has 1 fully saturated rings. The Kier molecular flexibility index (Phi) is 3.66. The third kappa shape index (κ3) is 2.58. The van der Waals surface area contributed by atoms with Gasteiger partial charge in [-0.25, -0.2) is 0 Å². The fourth-order valence-electron chi connectivity index (χ4n) is 2.51. The molecule has 98 valence electrons. The quantitative estimate of drug-likeness (QED) is 0.833. The number of carbonyl (C=O) groups excluding carboxylic acids is 1. The summed E-state index contributed by atoms with van der Waals surface area (Å²) < 4.78 is 0.996. The number of nitrogens with zero attached hydrogens (tertiary/aromatic N) is 2. The molecule has 0 N–H and O–H groups in total. The molecule has 0 radical (unpaired) electrons. The number of amides is 1. The Morgan fingerprint density at radius 3 is 2.79 bits per heavy atom. The highest BCUT2D eigenvalue weighted by Crippen LogP contribution is 2.34. The van der Waals surface area contributed by atoms with Crippen molar-refractivity contribution in [2.45, 2.75) is 18.9 Å². The number of carbonyl (C=O) groups is 1. The normalized spacial score (nSPS) is 18.8. The summed E-state index contributed by atoms with van der Waals surface area (Å²) in [6.45, 7) is 0.835. The van der Waals surface area contributed by atoms with Gasteiger partial charge in [-0.15, -0.1) is 11.3 Å². The van der Waals surface area contributed by atoms with Crippen molar-refractivity contribution < 1.29 is 4.79 Å². The molecule has 0 aliphatic carbocycles. The van der Waals surface area contributed by atoms with Crippen molar-refractivity contribution in [2.75, 3.05) is 6.54 Å². The van der Waals surface area contributed by atoms with Crippen LogP contribution in [0.3, 0.4) is 0 Å². The van der Waals surface area contributed by atoms with Crippen molar-refractivity contribution in [2.24, 2.45) is 0 Å². The lowest BCUT2D eigenvalue weighted by Crippen LogP contribution is -2.29. The number of thiophene rings is 1. The molecule has 3 heterocycles. The van der Waals surface area contributed by atoms with Crippen LogP contribution in [0.4, 0.5) is 0 Å². The lowest BCUT2D eigenvalue weighted by molar-refractivity contribution is 0.0740. The first-order valence-corrected chi connectivity index (χ1v) is 7.83. The Bertz CT molecular complexity index is 584. The highest BCUT2D eigenvalue weighted by atomic mass is 79.9. The number of pyridine rings is 1.